The molecule has 0 spiro atoms. The highest BCUT2D eigenvalue weighted by Gasteiger charge is 2.20. The van der Waals surface area contributed by atoms with Crippen LogP contribution in [-0.2, 0) is 17.7 Å². The van der Waals surface area contributed by atoms with Gasteiger partial charge in [0, 0.05) is 32.5 Å². The lowest BCUT2D eigenvalue weighted by Crippen LogP contribution is -2.46. The van der Waals surface area contributed by atoms with Gasteiger partial charge in [0.2, 0.25) is 0 Å². The number of aromatic nitrogens is 2. The maximum absolute atomic E-state index is 5.60. The summed E-state index contributed by atoms with van der Waals surface area (Å²) in [6.45, 7) is 5.25. The van der Waals surface area contributed by atoms with Gasteiger partial charge in [0.1, 0.15) is 5.82 Å². The van der Waals surface area contributed by atoms with Gasteiger partial charge in [-0.2, -0.15) is 0 Å². The second-order valence-electron chi connectivity index (χ2n) is 4.20. The van der Waals surface area contributed by atoms with Crippen molar-refractivity contribution in [2.75, 3.05) is 7.11 Å². The number of nitrogens with zero attached hydrogens (tertiary/aromatic N) is 2. The lowest BCUT2D eigenvalue weighted by Gasteiger charge is -2.24. The zero-order valence-corrected chi connectivity index (χ0v) is 11.0. The molecule has 1 rings (SSSR count). The Hall–Kier alpha value is -0.910. The molecule has 5 nitrogen and oxygen atoms in total. The van der Waals surface area contributed by atoms with E-state index in [0.717, 1.165) is 31.6 Å². The normalized spacial score (nSPS) is 14.8. The number of rotatable bonds is 8. The Morgan fingerprint density at radius 3 is 2.82 bits per heavy atom. The van der Waals surface area contributed by atoms with Gasteiger partial charge in [0.25, 0.3) is 0 Å². The van der Waals surface area contributed by atoms with Gasteiger partial charge >= 0.3 is 0 Å². The predicted molar refractivity (Wildman–Crippen MR) is 68.4 cm³/mol. The SMILES string of the molecule is CCCn1ccnc1CC(NN)C(CC)OC. The smallest absolute Gasteiger partial charge is 0.110 e. The highest BCUT2D eigenvalue weighted by Crippen LogP contribution is 2.09. The van der Waals surface area contributed by atoms with Crippen LogP contribution in [0.3, 0.4) is 0 Å². The average molecular weight is 240 g/mol. The lowest BCUT2D eigenvalue weighted by molar-refractivity contribution is 0.0644. The number of methoxy groups -OCH3 is 1. The summed E-state index contributed by atoms with van der Waals surface area (Å²) in [4.78, 5) is 4.39. The van der Waals surface area contributed by atoms with Crippen molar-refractivity contribution < 1.29 is 4.74 Å². The number of hydrazine groups is 1. The summed E-state index contributed by atoms with van der Waals surface area (Å²) < 4.78 is 7.59. The van der Waals surface area contributed by atoms with Crippen LogP contribution in [0, 0.1) is 0 Å². The largest absolute Gasteiger partial charge is 0.380 e. The van der Waals surface area contributed by atoms with Gasteiger partial charge in [0.05, 0.1) is 12.1 Å². The number of nitrogens with one attached hydrogen (secondary N) is 1. The lowest BCUT2D eigenvalue weighted by atomic mass is 10.1. The molecule has 2 atom stereocenters. The predicted octanol–water partition coefficient (Wildman–Crippen LogP) is 1.09. The summed E-state index contributed by atoms with van der Waals surface area (Å²) in [6.07, 6.45) is 6.79. The molecule has 5 heteroatoms. The van der Waals surface area contributed by atoms with Gasteiger partial charge in [-0.3, -0.25) is 11.3 Å². The summed E-state index contributed by atoms with van der Waals surface area (Å²) in [5.41, 5.74) is 2.83. The monoisotopic (exact) mass is 240 g/mol. The van der Waals surface area contributed by atoms with Crippen molar-refractivity contribution in [1.29, 1.82) is 0 Å². The van der Waals surface area contributed by atoms with Gasteiger partial charge in [-0.05, 0) is 12.8 Å². The van der Waals surface area contributed by atoms with Crippen molar-refractivity contribution >= 4 is 0 Å². The summed E-state index contributed by atoms with van der Waals surface area (Å²) in [6, 6.07) is 0.100. The molecule has 98 valence electrons. The molecule has 2 unspecified atom stereocenters. The average Bonchev–Trinajstić information content (AvgIpc) is 2.77. The number of imidazole rings is 1. The Balaban J connectivity index is 2.69. The van der Waals surface area contributed by atoms with Crippen molar-refractivity contribution in [2.24, 2.45) is 5.84 Å². The molecule has 1 aromatic heterocycles. The first-order valence-corrected chi connectivity index (χ1v) is 6.25. The van der Waals surface area contributed by atoms with Crippen LogP contribution in [0.4, 0.5) is 0 Å². The first kappa shape index (κ1) is 14.2. The Bertz CT molecular complexity index is 309. The van der Waals surface area contributed by atoms with E-state index in [2.05, 4.69) is 28.8 Å². The van der Waals surface area contributed by atoms with Gasteiger partial charge in [-0.1, -0.05) is 13.8 Å². The molecule has 0 aromatic carbocycles. The molecule has 0 fully saturated rings. The van der Waals surface area contributed by atoms with E-state index in [1.807, 2.05) is 12.4 Å². The van der Waals surface area contributed by atoms with Gasteiger partial charge in [0.15, 0.2) is 0 Å². The molecule has 0 saturated carbocycles. The first-order valence-electron chi connectivity index (χ1n) is 6.25. The van der Waals surface area contributed by atoms with E-state index in [1.165, 1.54) is 0 Å². The van der Waals surface area contributed by atoms with Crippen LogP contribution < -0.4 is 11.3 Å². The zero-order valence-electron chi connectivity index (χ0n) is 11.0. The quantitative estimate of drug-likeness (QED) is 0.527. The molecule has 0 aliphatic carbocycles. The summed E-state index contributed by atoms with van der Waals surface area (Å²) >= 11 is 0. The highest BCUT2D eigenvalue weighted by molar-refractivity contribution is 4.97. The molecule has 0 aliphatic heterocycles. The summed E-state index contributed by atoms with van der Waals surface area (Å²) in [7, 11) is 1.72. The zero-order chi connectivity index (χ0) is 12.7. The minimum absolute atomic E-state index is 0.100. The van der Waals surface area contributed by atoms with Crippen molar-refractivity contribution in [3.05, 3.63) is 18.2 Å². The molecule has 3 N–H and O–H groups in total. The van der Waals surface area contributed by atoms with E-state index in [1.54, 1.807) is 7.11 Å². The molecule has 0 aliphatic rings. The van der Waals surface area contributed by atoms with Crippen LogP contribution in [0.15, 0.2) is 12.4 Å². The first-order chi connectivity index (χ1) is 8.26. The van der Waals surface area contributed by atoms with Crippen LogP contribution in [0.2, 0.25) is 0 Å². The third kappa shape index (κ3) is 3.80. The van der Waals surface area contributed by atoms with E-state index in [0.29, 0.717) is 0 Å². The van der Waals surface area contributed by atoms with Crippen molar-refractivity contribution in [2.45, 2.75) is 51.8 Å². The molecule has 0 amide bonds. The molecule has 0 bridgehead atoms. The number of hydrogen-bond donors (Lipinski definition) is 2. The third-order valence-electron chi connectivity index (χ3n) is 3.04. The van der Waals surface area contributed by atoms with Crippen LogP contribution in [0.25, 0.3) is 0 Å². The van der Waals surface area contributed by atoms with Gasteiger partial charge < -0.3 is 9.30 Å². The summed E-state index contributed by atoms with van der Waals surface area (Å²) in [5.74, 6) is 6.66. The fourth-order valence-electron chi connectivity index (χ4n) is 2.08. The van der Waals surface area contributed by atoms with Gasteiger partial charge in [-0.25, -0.2) is 4.98 Å². The number of hydrogen-bond acceptors (Lipinski definition) is 4. The van der Waals surface area contributed by atoms with E-state index >= 15 is 0 Å². The molecular formula is C12H24N4O. The Morgan fingerprint density at radius 2 is 2.29 bits per heavy atom. The van der Waals surface area contributed by atoms with Crippen molar-refractivity contribution in [3.8, 4) is 0 Å². The van der Waals surface area contributed by atoms with Crippen LogP contribution in [-0.4, -0.2) is 28.8 Å². The molecule has 1 aromatic rings. The van der Waals surface area contributed by atoms with E-state index < -0.39 is 0 Å². The third-order valence-corrected chi connectivity index (χ3v) is 3.04. The minimum atomic E-state index is 0.100. The Kier molecular flexibility index (Phi) is 6.18. The fourth-order valence-corrected chi connectivity index (χ4v) is 2.08. The maximum atomic E-state index is 5.60. The van der Waals surface area contributed by atoms with Crippen LogP contribution in [0.1, 0.15) is 32.5 Å². The number of aryl methyl sites for hydroxylation is 1. The highest BCUT2D eigenvalue weighted by atomic mass is 16.5. The van der Waals surface area contributed by atoms with E-state index in [4.69, 9.17) is 10.6 Å². The topological polar surface area (TPSA) is 65.1 Å². The molecule has 0 radical (unpaired) electrons. The standard InChI is InChI=1S/C12H24N4O/c1-4-7-16-8-6-14-12(16)9-10(15-13)11(5-2)17-3/h6,8,10-11,15H,4-5,7,9,13H2,1-3H3. The molecule has 1 heterocycles. The Labute approximate surface area is 103 Å². The van der Waals surface area contributed by atoms with Crippen LogP contribution in [0.5, 0.6) is 0 Å². The molecule has 0 saturated heterocycles. The summed E-state index contributed by atoms with van der Waals surface area (Å²) in [5, 5.41) is 0. The van der Waals surface area contributed by atoms with Crippen LogP contribution >= 0.6 is 0 Å². The second kappa shape index (κ2) is 7.42. The van der Waals surface area contributed by atoms with E-state index in [-0.39, 0.29) is 12.1 Å². The minimum Gasteiger partial charge on any atom is -0.380 e. The van der Waals surface area contributed by atoms with Gasteiger partial charge in [-0.15, -0.1) is 0 Å². The number of nitrogens with two attached hydrogens (primary N) is 1. The van der Waals surface area contributed by atoms with Crippen molar-refractivity contribution in [1.82, 2.24) is 15.0 Å². The van der Waals surface area contributed by atoms with Crippen molar-refractivity contribution in [3.63, 3.8) is 0 Å². The fraction of sp³-hybridized carbons (Fsp3) is 0.750. The molecular weight excluding hydrogens is 216 g/mol. The second-order valence-corrected chi connectivity index (χ2v) is 4.20. The molecule has 17 heavy (non-hydrogen) atoms. The number of ether oxygens (including phenoxy) is 1. The van der Waals surface area contributed by atoms with E-state index in [9.17, 15) is 0 Å². The Morgan fingerprint density at radius 1 is 1.53 bits per heavy atom. The maximum Gasteiger partial charge on any atom is 0.110 e.